The van der Waals surface area contributed by atoms with Crippen molar-refractivity contribution >= 4 is 11.6 Å². The summed E-state index contributed by atoms with van der Waals surface area (Å²) < 4.78 is 43.4. The zero-order valence-electron chi connectivity index (χ0n) is 13.7. The summed E-state index contributed by atoms with van der Waals surface area (Å²) in [4.78, 5) is 13.9. The molecule has 1 saturated heterocycles. The largest absolute Gasteiger partial charge is 0.459 e. The number of halogens is 3. The van der Waals surface area contributed by atoms with Gasteiger partial charge in [0.25, 0.3) is 5.91 Å². The Hall–Kier alpha value is -2.95. The third-order valence-electron chi connectivity index (χ3n) is 4.34. The normalized spacial score (nSPS) is 15.5. The summed E-state index contributed by atoms with van der Waals surface area (Å²) in [5.41, 5.74) is -0.524. The first-order valence-electron chi connectivity index (χ1n) is 8.09. The number of benzene rings is 1. The highest BCUT2D eigenvalue weighted by atomic mass is 19.4. The minimum absolute atomic E-state index is 0.0283. The molecule has 1 aromatic carbocycles. The Morgan fingerprint density at radius 3 is 2.58 bits per heavy atom. The molecule has 1 fully saturated rings. The molecular formula is C18H16F3N3O2. The number of nitrogens with zero attached hydrogens (tertiary/aromatic N) is 2. The topological polar surface area (TPSA) is 69.3 Å². The van der Waals surface area contributed by atoms with Gasteiger partial charge in [0, 0.05) is 19.1 Å². The minimum atomic E-state index is -4.48. The number of nitrogens with one attached hydrogen (secondary N) is 1. The van der Waals surface area contributed by atoms with E-state index < -0.39 is 11.7 Å². The first kappa shape index (κ1) is 17.9. The van der Waals surface area contributed by atoms with Crippen LogP contribution in [0.5, 0.6) is 0 Å². The second-order valence-electron chi connectivity index (χ2n) is 6.06. The third-order valence-corrected chi connectivity index (χ3v) is 4.34. The van der Waals surface area contributed by atoms with Crippen LogP contribution < -0.4 is 5.32 Å². The fourth-order valence-electron chi connectivity index (χ4n) is 2.94. The maximum absolute atomic E-state index is 12.8. The van der Waals surface area contributed by atoms with Crippen LogP contribution in [0, 0.1) is 11.3 Å². The Bertz CT molecular complexity index is 817. The van der Waals surface area contributed by atoms with Crippen molar-refractivity contribution in [3.05, 3.63) is 53.5 Å². The number of likely N-dealkylation sites (tertiary alicyclic amines) is 1. The quantitative estimate of drug-likeness (QED) is 0.898. The zero-order valence-corrected chi connectivity index (χ0v) is 13.7. The van der Waals surface area contributed by atoms with Gasteiger partial charge in [0.1, 0.15) is 6.07 Å². The van der Waals surface area contributed by atoms with Crippen molar-refractivity contribution < 1.29 is 22.4 Å². The van der Waals surface area contributed by atoms with E-state index in [1.807, 2.05) is 0 Å². The van der Waals surface area contributed by atoms with E-state index in [2.05, 4.69) is 5.32 Å². The lowest BCUT2D eigenvalue weighted by atomic mass is 10.0. The van der Waals surface area contributed by atoms with Gasteiger partial charge in [-0.25, -0.2) is 0 Å². The highest BCUT2D eigenvalue weighted by molar-refractivity contribution is 5.91. The lowest BCUT2D eigenvalue weighted by molar-refractivity contribution is -0.137. The van der Waals surface area contributed by atoms with Crippen molar-refractivity contribution in [1.29, 1.82) is 5.26 Å². The Labute approximate surface area is 148 Å². The van der Waals surface area contributed by atoms with Crippen LogP contribution in [-0.4, -0.2) is 29.9 Å². The van der Waals surface area contributed by atoms with E-state index >= 15 is 0 Å². The number of piperidine rings is 1. The predicted molar refractivity (Wildman–Crippen MR) is 87.4 cm³/mol. The molecule has 1 aliphatic rings. The molecule has 0 radical (unpaired) electrons. The number of furan rings is 1. The van der Waals surface area contributed by atoms with Crippen LogP contribution >= 0.6 is 0 Å². The molecule has 5 nitrogen and oxygen atoms in total. The minimum Gasteiger partial charge on any atom is -0.459 e. The van der Waals surface area contributed by atoms with Gasteiger partial charge in [-0.15, -0.1) is 0 Å². The maximum Gasteiger partial charge on any atom is 0.416 e. The second-order valence-corrected chi connectivity index (χ2v) is 6.06. The van der Waals surface area contributed by atoms with Crippen molar-refractivity contribution in [1.82, 2.24) is 4.90 Å². The molecule has 0 saturated carbocycles. The Morgan fingerprint density at radius 2 is 2.00 bits per heavy atom. The van der Waals surface area contributed by atoms with E-state index in [4.69, 9.17) is 9.68 Å². The van der Waals surface area contributed by atoms with Crippen LogP contribution in [0.1, 0.15) is 34.5 Å². The van der Waals surface area contributed by atoms with Crippen LogP contribution in [0.25, 0.3) is 0 Å². The molecule has 0 bridgehead atoms. The average molecular weight is 363 g/mol. The van der Waals surface area contributed by atoms with Gasteiger partial charge in [-0.3, -0.25) is 4.79 Å². The summed E-state index contributed by atoms with van der Waals surface area (Å²) in [5.74, 6) is 0.103. The van der Waals surface area contributed by atoms with Gasteiger partial charge in [-0.05, 0) is 43.2 Å². The first-order valence-corrected chi connectivity index (χ1v) is 8.09. The van der Waals surface area contributed by atoms with Crippen LogP contribution in [0.4, 0.5) is 18.9 Å². The first-order chi connectivity index (χ1) is 12.4. The fraction of sp³-hybridized carbons (Fsp3) is 0.333. The lowest BCUT2D eigenvalue weighted by Crippen LogP contribution is -2.42. The van der Waals surface area contributed by atoms with Gasteiger partial charge in [0.15, 0.2) is 5.76 Å². The van der Waals surface area contributed by atoms with E-state index in [9.17, 15) is 18.0 Å². The molecule has 1 N–H and O–H groups in total. The molecule has 1 aliphatic heterocycles. The van der Waals surface area contributed by atoms with Gasteiger partial charge < -0.3 is 14.6 Å². The molecule has 0 spiro atoms. The molecular weight excluding hydrogens is 347 g/mol. The van der Waals surface area contributed by atoms with Crippen molar-refractivity contribution in [3.8, 4) is 6.07 Å². The Morgan fingerprint density at radius 1 is 1.27 bits per heavy atom. The fourth-order valence-corrected chi connectivity index (χ4v) is 2.94. The summed E-state index contributed by atoms with van der Waals surface area (Å²) >= 11 is 0. The molecule has 1 amide bonds. The molecule has 2 heterocycles. The van der Waals surface area contributed by atoms with Crippen LogP contribution in [0.2, 0.25) is 0 Å². The average Bonchev–Trinajstić information content (AvgIpc) is 3.16. The van der Waals surface area contributed by atoms with E-state index in [1.165, 1.54) is 12.3 Å². The lowest BCUT2D eigenvalue weighted by Gasteiger charge is -2.32. The van der Waals surface area contributed by atoms with Crippen molar-refractivity contribution in [2.24, 2.45) is 0 Å². The van der Waals surface area contributed by atoms with E-state index in [0.29, 0.717) is 31.6 Å². The number of anilines is 1. The van der Waals surface area contributed by atoms with Crippen LogP contribution in [-0.2, 0) is 6.18 Å². The number of nitriles is 1. The number of rotatable bonds is 3. The molecule has 0 atom stereocenters. The van der Waals surface area contributed by atoms with Gasteiger partial charge in [-0.2, -0.15) is 18.4 Å². The van der Waals surface area contributed by atoms with Crippen LogP contribution in [0.15, 0.2) is 41.0 Å². The van der Waals surface area contributed by atoms with E-state index in [-0.39, 0.29) is 23.3 Å². The number of alkyl halides is 3. The van der Waals surface area contributed by atoms with Crippen molar-refractivity contribution in [3.63, 3.8) is 0 Å². The molecule has 0 aliphatic carbocycles. The highest BCUT2D eigenvalue weighted by Gasteiger charge is 2.31. The summed E-state index contributed by atoms with van der Waals surface area (Å²) in [7, 11) is 0. The highest BCUT2D eigenvalue weighted by Crippen LogP contribution is 2.32. The van der Waals surface area contributed by atoms with Crippen molar-refractivity contribution in [2.75, 3.05) is 18.4 Å². The monoisotopic (exact) mass is 363 g/mol. The molecule has 1 aromatic heterocycles. The molecule has 136 valence electrons. The molecule has 2 aromatic rings. The number of carbonyl (C=O) groups excluding carboxylic acids is 1. The van der Waals surface area contributed by atoms with Gasteiger partial charge in [0.05, 0.1) is 23.1 Å². The number of amides is 1. The molecule has 3 rings (SSSR count). The second kappa shape index (κ2) is 7.12. The molecule has 8 heteroatoms. The Balaban J connectivity index is 1.63. The SMILES string of the molecule is N#Cc1cc(C(F)(F)F)ccc1NC1CCN(C(=O)c2ccco2)CC1. The van der Waals surface area contributed by atoms with Crippen LogP contribution in [0.3, 0.4) is 0 Å². The third kappa shape index (κ3) is 3.82. The smallest absolute Gasteiger partial charge is 0.416 e. The molecule has 0 unspecified atom stereocenters. The van der Waals surface area contributed by atoms with Gasteiger partial charge in [-0.1, -0.05) is 0 Å². The number of hydrogen-bond donors (Lipinski definition) is 1. The van der Waals surface area contributed by atoms with Gasteiger partial charge in [0.2, 0.25) is 0 Å². The number of carbonyl (C=O) groups is 1. The summed E-state index contributed by atoms with van der Waals surface area (Å²) in [5, 5.41) is 12.3. The summed E-state index contributed by atoms with van der Waals surface area (Å²) in [6.07, 6.45) is -1.80. The van der Waals surface area contributed by atoms with E-state index in [1.54, 1.807) is 23.1 Å². The van der Waals surface area contributed by atoms with Crippen molar-refractivity contribution in [2.45, 2.75) is 25.1 Å². The van der Waals surface area contributed by atoms with Gasteiger partial charge >= 0.3 is 6.18 Å². The maximum atomic E-state index is 12.8. The predicted octanol–water partition coefficient (Wildman–Crippen LogP) is 3.89. The summed E-state index contributed by atoms with van der Waals surface area (Å²) in [6, 6.07) is 8.11. The summed E-state index contributed by atoms with van der Waals surface area (Å²) in [6.45, 7) is 0.999. The Kier molecular flexibility index (Phi) is 4.89. The number of hydrogen-bond acceptors (Lipinski definition) is 4. The van der Waals surface area contributed by atoms with E-state index in [0.717, 1.165) is 12.1 Å². The molecule has 26 heavy (non-hydrogen) atoms. The zero-order chi connectivity index (χ0) is 18.7. The standard InChI is InChI=1S/C18H16F3N3O2/c19-18(20,21)13-3-4-15(12(10-13)11-22)23-14-5-7-24(8-6-14)17(25)16-2-1-9-26-16/h1-4,9-10,14,23H,5-8H2.